The molecule has 30 heavy (non-hydrogen) atoms. The smallest absolute Gasteiger partial charge is 0.328 e. The fourth-order valence-corrected chi connectivity index (χ4v) is 6.37. The lowest BCUT2D eigenvalue weighted by molar-refractivity contribution is -0.838. The lowest BCUT2D eigenvalue weighted by Gasteiger charge is -2.42. The number of fused-ring (bicyclic) bond motifs is 4. The van der Waals surface area contributed by atoms with Crippen molar-refractivity contribution in [3.63, 3.8) is 0 Å². The van der Waals surface area contributed by atoms with Crippen LogP contribution in [0.1, 0.15) is 43.0 Å². The molecule has 5 heteroatoms. The SMILES string of the molecule is CC(C)(C)[N+](C)(C)[Si](=O)C1C=CC2=C1c1ccccc1C(=C(F)F)c1ccccc12. The van der Waals surface area contributed by atoms with Crippen molar-refractivity contribution in [3.8, 4) is 0 Å². The van der Waals surface area contributed by atoms with Gasteiger partial charge in [0.2, 0.25) is 0 Å². The largest absolute Gasteiger partial charge is 0.565 e. The molecule has 0 radical (unpaired) electrons. The molecular formula is C25H26F2NOSi+. The topological polar surface area (TPSA) is 17.1 Å². The molecule has 154 valence electrons. The Morgan fingerprint density at radius 1 is 0.900 bits per heavy atom. The van der Waals surface area contributed by atoms with Crippen molar-refractivity contribution >= 4 is 25.6 Å². The minimum Gasteiger partial charge on any atom is -0.328 e. The van der Waals surface area contributed by atoms with Crippen molar-refractivity contribution in [2.75, 3.05) is 14.1 Å². The summed E-state index contributed by atoms with van der Waals surface area (Å²) in [5.41, 5.74) is 3.76. The molecular weight excluding hydrogens is 396 g/mol. The minimum absolute atomic E-state index is 0.0352. The van der Waals surface area contributed by atoms with Gasteiger partial charge < -0.3 is 8.61 Å². The second-order valence-electron chi connectivity index (χ2n) is 9.35. The number of quaternary nitrogens is 1. The van der Waals surface area contributed by atoms with Gasteiger partial charge in [-0.3, -0.25) is 0 Å². The maximum atomic E-state index is 14.2. The number of halogens is 2. The molecule has 0 spiro atoms. The Bertz CT molecular complexity index is 1150. The molecule has 0 bridgehead atoms. The van der Waals surface area contributed by atoms with Crippen molar-refractivity contribution < 1.29 is 17.4 Å². The van der Waals surface area contributed by atoms with E-state index in [1.165, 1.54) is 0 Å². The van der Waals surface area contributed by atoms with Crippen LogP contribution in [0.4, 0.5) is 8.78 Å². The van der Waals surface area contributed by atoms with Gasteiger partial charge in [-0.25, -0.2) is 0 Å². The van der Waals surface area contributed by atoms with E-state index in [9.17, 15) is 13.2 Å². The van der Waals surface area contributed by atoms with Gasteiger partial charge in [-0.1, -0.05) is 60.7 Å². The molecule has 0 aromatic heterocycles. The highest BCUT2D eigenvalue weighted by Crippen LogP contribution is 2.51. The zero-order valence-corrected chi connectivity index (χ0v) is 19.0. The second-order valence-corrected chi connectivity index (χ2v) is 11.8. The van der Waals surface area contributed by atoms with Gasteiger partial charge in [0.1, 0.15) is 5.54 Å². The van der Waals surface area contributed by atoms with E-state index in [-0.39, 0.29) is 16.7 Å². The van der Waals surface area contributed by atoms with Crippen molar-refractivity contribution in [3.05, 3.63) is 89.0 Å². The molecule has 1 unspecified atom stereocenters. The summed E-state index contributed by atoms with van der Waals surface area (Å²) >= 11 is 0. The molecule has 0 saturated heterocycles. The van der Waals surface area contributed by atoms with Crippen LogP contribution in [-0.2, 0) is 4.46 Å². The third kappa shape index (κ3) is 2.99. The van der Waals surface area contributed by atoms with Gasteiger partial charge in [-0.15, -0.1) is 0 Å². The summed E-state index contributed by atoms with van der Waals surface area (Å²) in [6.07, 6.45) is 2.28. The summed E-state index contributed by atoms with van der Waals surface area (Å²) in [5.74, 6) is 0. The maximum absolute atomic E-state index is 14.2. The highest BCUT2D eigenvalue weighted by molar-refractivity contribution is 6.43. The molecule has 0 N–H and O–H groups in total. The quantitative estimate of drug-likeness (QED) is 0.519. The standard InChI is InChI=1S/C25H26F2NOSi/c1-25(2,3)28(4,5)30(29)21-15-14-20-16-10-6-7-11-17(16)23(24(26)27)19-13-9-8-12-18(19)22(20)21/h6-15,21H,1-5H3/q+1. The van der Waals surface area contributed by atoms with Crippen molar-refractivity contribution in [1.29, 1.82) is 0 Å². The Morgan fingerprint density at radius 3 is 1.93 bits per heavy atom. The Morgan fingerprint density at radius 2 is 1.40 bits per heavy atom. The van der Waals surface area contributed by atoms with Crippen LogP contribution >= 0.6 is 0 Å². The molecule has 2 nitrogen and oxygen atoms in total. The summed E-state index contributed by atoms with van der Waals surface area (Å²) in [6, 6.07) is 14.6. The van der Waals surface area contributed by atoms with Crippen LogP contribution in [0.15, 0.2) is 66.8 Å². The second kappa shape index (κ2) is 7.03. The zero-order valence-electron chi connectivity index (χ0n) is 18.0. The number of allylic oxidation sites excluding steroid dienone is 4. The van der Waals surface area contributed by atoms with Crippen LogP contribution in [-0.4, -0.2) is 32.6 Å². The first-order valence-corrected chi connectivity index (χ1v) is 11.5. The van der Waals surface area contributed by atoms with Gasteiger partial charge in [0.15, 0.2) is 0 Å². The Balaban J connectivity index is 2.02. The van der Waals surface area contributed by atoms with Crippen LogP contribution in [0.2, 0.25) is 5.54 Å². The van der Waals surface area contributed by atoms with E-state index < -0.39 is 14.9 Å². The van der Waals surface area contributed by atoms with Crippen molar-refractivity contribution in [1.82, 2.24) is 0 Å². The number of hydrogen-bond donors (Lipinski definition) is 0. The minimum atomic E-state index is -2.23. The van der Waals surface area contributed by atoms with E-state index in [0.29, 0.717) is 15.3 Å². The average molecular weight is 423 g/mol. The Hall–Kier alpha value is -2.50. The lowest BCUT2D eigenvalue weighted by Crippen LogP contribution is -2.60. The van der Waals surface area contributed by atoms with Gasteiger partial charge in [-0.05, 0) is 54.2 Å². The zero-order chi connectivity index (χ0) is 21.8. The number of hydrogen-bond acceptors (Lipinski definition) is 1. The molecule has 2 aromatic rings. The predicted octanol–water partition coefficient (Wildman–Crippen LogP) is 6.30. The first-order valence-electron chi connectivity index (χ1n) is 10.1. The van der Waals surface area contributed by atoms with E-state index in [1.807, 2.05) is 50.5 Å². The first-order chi connectivity index (χ1) is 14.1. The highest BCUT2D eigenvalue weighted by atomic mass is 28.3. The third-order valence-corrected chi connectivity index (χ3v) is 9.50. The van der Waals surface area contributed by atoms with Crippen LogP contribution in [0.3, 0.4) is 0 Å². The molecule has 1 atom stereocenters. The van der Waals surface area contributed by atoms with Crippen LogP contribution in [0.25, 0.3) is 16.7 Å². The van der Waals surface area contributed by atoms with Gasteiger partial charge in [0.25, 0.3) is 6.08 Å². The van der Waals surface area contributed by atoms with Gasteiger partial charge in [-0.2, -0.15) is 8.78 Å². The van der Waals surface area contributed by atoms with Crippen molar-refractivity contribution in [2.24, 2.45) is 0 Å². The monoisotopic (exact) mass is 422 g/mol. The normalized spacial score (nSPS) is 18.0. The summed E-state index contributed by atoms with van der Waals surface area (Å²) in [7, 11) is 1.77. The molecule has 2 aliphatic carbocycles. The van der Waals surface area contributed by atoms with E-state index in [0.717, 1.165) is 22.3 Å². The fourth-order valence-electron chi connectivity index (χ4n) is 4.20. The van der Waals surface area contributed by atoms with E-state index in [2.05, 4.69) is 20.8 Å². The van der Waals surface area contributed by atoms with E-state index >= 15 is 0 Å². The third-order valence-electron chi connectivity index (χ3n) is 6.71. The van der Waals surface area contributed by atoms with Gasteiger partial charge in [0, 0.05) is 0 Å². The lowest BCUT2D eigenvalue weighted by atomic mass is 9.92. The number of benzene rings is 2. The molecule has 0 amide bonds. The fraction of sp³-hybridized carbons (Fsp3) is 0.280. The maximum Gasteiger partial charge on any atom is 0.565 e. The molecule has 0 fully saturated rings. The molecule has 0 saturated carbocycles. The summed E-state index contributed by atoms with van der Waals surface area (Å²) in [5, 5.41) is 0. The molecule has 2 aliphatic rings. The summed E-state index contributed by atoms with van der Waals surface area (Å²) in [4.78, 5) is 0. The van der Waals surface area contributed by atoms with Crippen molar-refractivity contribution in [2.45, 2.75) is 31.9 Å². The molecule has 4 rings (SSSR count). The van der Waals surface area contributed by atoms with E-state index in [1.54, 1.807) is 24.3 Å². The molecule has 2 aromatic carbocycles. The predicted molar refractivity (Wildman–Crippen MR) is 119 cm³/mol. The first kappa shape index (κ1) is 20.8. The Kier molecular flexibility index (Phi) is 4.86. The Labute approximate surface area is 178 Å². The van der Waals surface area contributed by atoms with Crippen LogP contribution in [0.5, 0.6) is 0 Å². The highest BCUT2D eigenvalue weighted by Gasteiger charge is 2.48. The van der Waals surface area contributed by atoms with Gasteiger partial charge >= 0.3 is 8.84 Å². The van der Waals surface area contributed by atoms with E-state index in [4.69, 9.17) is 0 Å². The average Bonchev–Trinajstić information content (AvgIpc) is 3.07. The van der Waals surface area contributed by atoms with Gasteiger partial charge in [0.05, 0.1) is 25.2 Å². The van der Waals surface area contributed by atoms with Crippen LogP contribution < -0.4 is 0 Å². The number of rotatable bonds is 2. The van der Waals surface area contributed by atoms with Crippen LogP contribution in [0, 0.1) is 0 Å². The summed E-state index contributed by atoms with van der Waals surface area (Å²) in [6.45, 7) is 6.25. The number of nitrogens with zero attached hydrogens (tertiary/aromatic N) is 1. The summed E-state index contributed by atoms with van der Waals surface area (Å²) < 4.78 is 42.7. The molecule has 0 aliphatic heterocycles. The molecule has 0 heterocycles.